The summed E-state index contributed by atoms with van der Waals surface area (Å²) in [6.45, 7) is 3.13. The minimum absolute atomic E-state index is 0.228. The lowest BCUT2D eigenvalue weighted by Gasteiger charge is -2.15. The molecule has 0 fully saturated rings. The van der Waals surface area contributed by atoms with Crippen molar-refractivity contribution in [3.05, 3.63) is 30.1 Å². The van der Waals surface area contributed by atoms with Crippen LogP contribution in [-0.2, 0) is 16.1 Å². The Hall–Kier alpha value is -2.15. The minimum Gasteiger partial charge on any atom is -0.275 e. The molecule has 4 heteroatoms. The smallest absolute Gasteiger partial charge is 0.275 e. The summed E-state index contributed by atoms with van der Waals surface area (Å²) in [6, 6.07) is 3.51. The van der Waals surface area contributed by atoms with E-state index in [-0.39, 0.29) is 12.5 Å². The van der Waals surface area contributed by atoms with E-state index in [1.165, 1.54) is 6.92 Å². The standard InChI is InChI=1S/C12H12N2O2/c1-3-4-12(16)14(10(2)15)9-11-5-7-13-8-6-11/h5-8H,9H2,1-2H3. The van der Waals surface area contributed by atoms with Crippen molar-refractivity contribution in [2.75, 3.05) is 0 Å². The van der Waals surface area contributed by atoms with Gasteiger partial charge in [0.1, 0.15) is 0 Å². The molecule has 0 aliphatic carbocycles. The van der Waals surface area contributed by atoms with Gasteiger partial charge in [-0.05, 0) is 30.5 Å². The Bertz CT molecular complexity index is 443. The summed E-state index contributed by atoms with van der Waals surface area (Å²) in [5.74, 6) is 4.04. The molecule has 0 unspecified atom stereocenters. The molecule has 0 saturated carbocycles. The average Bonchev–Trinajstić information content (AvgIpc) is 2.27. The fourth-order valence-corrected chi connectivity index (χ4v) is 1.17. The Labute approximate surface area is 94.3 Å². The minimum atomic E-state index is -0.480. The maximum Gasteiger partial charge on any atom is 0.305 e. The molecule has 0 radical (unpaired) electrons. The van der Waals surface area contributed by atoms with Crippen molar-refractivity contribution in [3.8, 4) is 11.8 Å². The first-order valence-electron chi connectivity index (χ1n) is 4.79. The molecular formula is C12H12N2O2. The highest BCUT2D eigenvalue weighted by molar-refractivity contribution is 6.03. The number of carbonyl (C=O) groups excluding carboxylic acids is 2. The maximum absolute atomic E-state index is 11.5. The summed E-state index contributed by atoms with van der Waals surface area (Å²) in [4.78, 5) is 27.8. The Morgan fingerprint density at radius 3 is 2.50 bits per heavy atom. The van der Waals surface area contributed by atoms with E-state index >= 15 is 0 Å². The van der Waals surface area contributed by atoms with E-state index in [4.69, 9.17) is 0 Å². The van der Waals surface area contributed by atoms with Gasteiger partial charge in [0.25, 0.3) is 0 Å². The summed E-state index contributed by atoms with van der Waals surface area (Å²) in [5.41, 5.74) is 0.844. The molecular weight excluding hydrogens is 204 g/mol. The van der Waals surface area contributed by atoms with Crippen LogP contribution in [0.25, 0.3) is 0 Å². The Morgan fingerprint density at radius 1 is 1.38 bits per heavy atom. The van der Waals surface area contributed by atoms with Crippen LogP contribution < -0.4 is 0 Å². The van der Waals surface area contributed by atoms with Crippen LogP contribution in [0.5, 0.6) is 0 Å². The highest BCUT2D eigenvalue weighted by Gasteiger charge is 2.15. The first-order chi connectivity index (χ1) is 7.65. The van der Waals surface area contributed by atoms with Gasteiger partial charge in [-0.25, -0.2) is 0 Å². The van der Waals surface area contributed by atoms with Gasteiger partial charge in [-0.3, -0.25) is 19.5 Å². The average molecular weight is 216 g/mol. The second kappa shape index (κ2) is 5.66. The molecule has 16 heavy (non-hydrogen) atoms. The highest BCUT2D eigenvalue weighted by atomic mass is 16.2. The van der Waals surface area contributed by atoms with Crippen LogP contribution in [-0.4, -0.2) is 21.7 Å². The number of pyridine rings is 1. The topological polar surface area (TPSA) is 50.3 Å². The van der Waals surface area contributed by atoms with Crippen molar-refractivity contribution < 1.29 is 9.59 Å². The summed E-state index contributed by atoms with van der Waals surface area (Å²) in [7, 11) is 0. The molecule has 82 valence electrons. The predicted molar refractivity (Wildman–Crippen MR) is 58.9 cm³/mol. The Morgan fingerprint density at radius 2 is 2.00 bits per heavy atom. The number of carbonyl (C=O) groups is 2. The lowest BCUT2D eigenvalue weighted by Crippen LogP contribution is -2.33. The van der Waals surface area contributed by atoms with Crippen molar-refractivity contribution in [3.63, 3.8) is 0 Å². The van der Waals surface area contributed by atoms with Gasteiger partial charge in [0.15, 0.2) is 0 Å². The van der Waals surface area contributed by atoms with Crippen molar-refractivity contribution in [1.29, 1.82) is 0 Å². The van der Waals surface area contributed by atoms with Gasteiger partial charge in [-0.2, -0.15) is 0 Å². The zero-order valence-corrected chi connectivity index (χ0v) is 9.23. The molecule has 0 bridgehead atoms. The first kappa shape index (κ1) is 11.9. The van der Waals surface area contributed by atoms with Gasteiger partial charge in [-0.1, -0.05) is 5.92 Å². The summed E-state index contributed by atoms with van der Waals surface area (Å²) in [5, 5.41) is 0. The lowest BCUT2D eigenvalue weighted by atomic mass is 10.2. The molecule has 1 aromatic heterocycles. The molecule has 1 heterocycles. The number of amides is 2. The van der Waals surface area contributed by atoms with Crippen LogP contribution in [0.1, 0.15) is 19.4 Å². The van der Waals surface area contributed by atoms with E-state index in [1.807, 2.05) is 0 Å². The van der Waals surface area contributed by atoms with Crippen molar-refractivity contribution in [2.24, 2.45) is 0 Å². The van der Waals surface area contributed by atoms with Crippen LogP contribution in [0.15, 0.2) is 24.5 Å². The van der Waals surface area contributed by atoms with E-state index in [2.05, 4.69) is 16.8 Å². The van der Waals surface area contributed by atoms with E-state index in [9.17, 15) is 9.59 Å². The number of imide groups is 1. The molecule has 0 N–H and O–H groups in total. The molecule has 1 aromatic rings. The monoisotopic (exact) mass is 216 g/mol. The van der Waals surface area contributed by atoms with E-state index in [1.54, 1.807) is 31.5 Å². The fourth-order valence-electron chi connectivity index (χ4n) is 1.17. The summed E-state index contributed by atoms with van der Waals surface area (Å²) >= 11 is 0. The molecule has 0 saturated heterocycles. The van der Waals surface area contributed by atoms with Crippen LogP contribution in [0, 0.1) is 11.8 Å². The zero-order chi connectivity index (χ0) is 12.0. The van der Waals surface area contributed by atoms with Gasteiger partial charge in [0, 0.05) is 19.3 Å². The quantitative estimate of drug-likeness (QED) is 0.692. The highest BCUT2D eigenvalue weighted by Crippen LogP contribution is 2.03. The van der Waals surface area contributed by atoms with Gasteiger partial charge < -0.3 is 0 Å². The second-order valence-electron chi connectivity index (χ2n) is 3.14. The van der Waals surface area contributed by atoms with Crippen LogP contribution >= 0.6 is 0 Å². The van der Waals surface area contributed by atoms with Crippen molar-refractivity contribution in [2.45, 2.75) is 20.4 Å². The van der Waals surface area contributed by atoms with Gasteiger partial charge in [-0.15, -0.1) is 0 Å². The second-order valence-corrected chi connectivity index (χ2v) is 3.14. The summed E-state index contributed by atoms with van der Waals surface area (Å²) in [6.07, 6.45) is 3.23. The van der Waals surface area contributed by atoms with Gasteiger partial charge in [0.05, 0.1) is 6.54 Å². The van der Waals surface area contributed by atoms with Crippen molar-refractivity contribution in [1.82, 2.24) is 9.88 Å². The van der Waals surface area contributed by atoms with Crippen molar-refractivity contribution >= 4 is 11.8 Å². The third kappa shape index (κ3) is 3.21. The first-order valence-corrected chi connectivity index (χ1v) is 4.79. The number of hydrogen-bond donors (Lipinski definition) is 0. The molecule has 0 aliphatic heterocycles. The molecule has 0 aliphatic rings. The normalized spacial score (nSPS) is 8.88. The zero-order valence-electron chi connectivity index (χ0n) is 9.23. The van der Waals surface area contributed by atoms with Gasteiger partial charge >= 0.3 is 5.91 Å². The molecule has 0 spiro atoms. The SMILES string of the molecule is CC#CC(=O)N(Cc1ccncc1)C(C)=O. The Balaban J connectivity index is 2.84. The van der Waals surface area contributed by atoms with Crippen LogP contribution in [0.4, 0.5) is 0 Å². The number of rotatable bonds is 2. The molecule has 0 aromatic carbocycles. The molecule has 2 amide bonds. The van der Waals surface area contributed by atoms with E-state index in [0.29, 0.717) is 0 Å². The van der Waals surface area contributed by atoms with E-state index < -0.39 is 5.91 Å². The van der Waals surface area contributed by atoms with Crippen LogP contribution in [0.2, 0.25) is 0 Å². The largest absolute Gasteiger partial charge is 0.305 e. The lowest BCUT2D eigenvalue weighted by molar-refractivity contribution is -0.140. The number of nitrogens with zero attached hydrogens (tertiary/aromatic N) is 2. The van der Waals surface area contributed by atoms with E-state index in [0.717, 1.165) is 10.5 Å². The number of aromatic nitrogens is 1. The van der Waals surface area contributed by atoms with Gasteiger partial charge in [0.2, 0.25) is 5.91 Å². The fraction of sp³-hybridized carbons (Fsp3) is 0.250. The third-order valence-electron chi connectivity index (χ3n) is 1.95. The molecule has 0 atom stereocenters. The van der Waals surface area contributed by atoms with Crippen LogP contribution in [0.3, 0.4) is 0 Å². The third-order valence-corrected chi connectivity index (χ3v) is 1.95. The summed E-state index contributed by atoms with van der Waals surface area (Å²) < 4.78 is 0. The Kier molecular flexibility index (Phi) is 4.22. The number of hydrogen-bond acceptors (Lipinski definition) is 3. The molecule has 1 rings (SSSR count). The maximum atomic E-state index is 11.5. The molecule has 4 nitrogen and oxygen atoms in total. The predicted octanol–water partition coefficient (Wildman–Crippen LogP) is 0.980.